The first kappa shape index (κ1) is 54.9. The highest BCUT2D eigenvalue weighted by Crippen LogP contribution is 2.63. The summed E-state index contributed by atoms with van der Waals surface area (Å²) in [5, 5.41) is 63.1. The lowest BCUT2D eigenvalue weighted by Crippen LogP contribution is -1.97. The monoisotopic (exact) mass is 1330 g/mol. The molecule has 6 aromatic heterocycles. The standard InChI is InChI=1S/C62H18F4N12O4S8/c63-35-11-27-29(13-37(35)65)57(81)33(43(27)22(17-67)18-68)7-24-9-39(79)61(83-24)47-53-49(71-87-75-53)45(50-54(47)76-88-72-50)41-15-31-26(6-21-4-2-1-3-5-21)32-16-42(86-60(32)59(31)85-41)46-51-55(77-89-73-51)48(56-52(46)74-90-78-56)62-40(80)10-25(84-62)8-34-44(23(19-69)20-70)28-12-36(64)38(66)14-30(28)58(34)82/h1-16,79-80H/b33-7-,34-8-. The predicted molar refractivity (Wildman–Crippen MR) is 341 cm³/mol. The summed E-state index contributed by atoms with van der Waals surface area (Å²) < 4.78 is 96.5. The number of nitriles is 4. The van der Waals surface area contributed by atoms with Crippen LogP contribution in [0.5, 0.6) is 11.5 Å². The number of ketones is 2. The molecule has 8 heterocycles. The van der Waals surface area contributed by atoms with Crippen molar-refractivity contribution in [3.8, 4) is 87.3 Å². The van der Waals surface area contributed by atoms with Crippen LogP contribution in [-0.2, 0) is 22.7 Å². The van der Waals surface area contributed by atoms with Crippen LogP contribution in [-0.4, -0.2) is 39.3 Å². The van der Waals surface area contributed by atoms with Crippen molar-refractivity contribution >= 4 is 183 Å². The minimum atomic E-state index is -1.28. The van der Waals surface area contributed by atoms with E-state index in [-0.39, 0.29) is 56.0 Å². The average Bonchev–Trinajstić information content (AvgIpc) is 1.56. The van der Waals surface area contributed by atoms with E-state index in [9.17, 15) is 58.4 Å². The molecule has 0 amide bonds. The molecule has 0 unspecified atom stereocenters. The van der Waals surface area contributed by atoms with Gasteiger partial charge in [0.05, 0.1) is 76.8 Å². The normalized spacial score (nSPS) is 14.6. The molecule has 16 nitrogen and oxygen atoms in total. The number of halogens is 4. The van der Waals surface area contributed by atoms with E-state index < -0.39 is 46.0 Å². The molecular weight excluding hydrogens is 1310 g/mol. The van der Waals surface area contributed by atoms with Crippen LogP contribution in [0.15, 0.2) is 119 Å². The van der Waals surface area contributed by atoms with Crippen molar-refractivity contribution in [3.05, 3.63) is 173 Å². The summed E-state index contributed by atoms with van der Waals surface area (Å²) in [4.78, 5) is 32.3. The Balaban J connectivity index is 0.802. The van der Waals surface area contributed by atoms with E-state index in [1.807, 2.05) is 30.3 Å². The smallest absolute Gasteiger partial charge is 0.194 e. The van der Waals surface area contributed by atoms with Crippen LogP contribution >= 0.6 is 68.8 Å². The Morgan fingerprint density at radius 1 is 0.433 bits per heavy atom. The number of aromatic hydroxyl groups is 2. The SMILES string of the molecule is N#CC(C#N)=C1/C(=C/c2cc(O)c(-c3c4c(c(-c5cc6c(s5)-c5sc(-c7c8c(c(-c9sc(/C=C%10\C(=O)c%11cc(F)c(F)cc%11C%10=C(C#N)C#N)cc9O)c9nsnc79)N=S=N8)cc5C6=Cc5ccccc5)c5nsnc35)N=S=N4)s2)C(=O)c2cc(F)c(F)cc21. The van der Waals surface area contributed by atoms with Crippen LogP contribution in [0.1, 0.15) is 58.3 Å². The molecule has 90 heavy (non-hydrogen) atoms. The molecule has 5 aliphatic rings. The summed E-state index contributed by atoms with van der Waals surface area (Å²) in [5.74, 6) is -7.00. The third kappa shape index (κ3) is 8.04. The lowest BCUT2D eigenvalue weighted by molar-refractivity contribution is 0.103. The minimum absolute atomic E-state index is 0.107. The van der Waals surface area contributed by atoms with Gasteiger partial charge in [-0.2, -0.15) is 56.0 Å². The molecule has 28 heteroatoms. The van der Waals surface area contributed by atoms with E-state index in [1.165, 1.54) is 47.0 Å². The second-order valence-electron chi connectivity index (χ2n) is 20.1. The summed E-state index contributed by atoms with van der Waals surface area (Å²) in [6.07, 6.45) is 4.85. The van der Waals surface area contributed by atoms with Gasteiger partial charge in [0.25, 0.3) is 0 Å². The van der Waals surface area contributed by atoms with Gasteiger partial charge >= 0.3 is 0 Å². The topological polar surface area (TPSA) is 271 Å². The Hall–Kier alpha value is -10.5. The van der Waals surface area contributed by atoms with Gasteiger partial charge in [-0.1, -0.05) is 30.3 Å². The number of benzene rings is 5. The van der Waals surface area contributed by atoms with Gasteiger partial charge < -0.3 is 10.2 Å². The quantitative estimate of drug-likeness (QED) is 0.0856. The van der Waals surface area contributed by atoms with Gasteiger partial charge in [0.15, 0.2) is 34.8 Å². The van der Waals surface area contributed by atoms with Crippen LogP contribution in [0, 0.1) is 68.6 Å². The van der Waals surface area contributed by atoms with Gasteiger partial charge in [-0.3, -0.25) is 9.59 Å². The molecule has 2 aliphatic heterocycles. The third-order valence-electron chi connectivity index (χ3n) is 15.3. The Bertz CT molecular complexity index is 5470. The molecule has 2 N–H and O–H groups in total. The van der Waals surface area contributed by atoms with Crippen molar-refractivity contribution < 1.29 is 37.4 Å². The van der Waals surface area contributed by atoms with E-state index in [1.54, 1.807) is 24.3 Å². The van der Waals surface area contributed by atoms with E-state index >= 15 is 0 Å². The zero-order valence-electron chi connectivity index (χ0n) is 44.1. The number of carbonyl (C=O) groups is 2. The summed E-state index contributed by atoms with van der Waals surface area (Å²) >= 11 is 8.97. The van der Waals surface area contributed by atoms with Gasteiger partial charge in [0.1, 0.15) is 91.7 Å². The van der Waals surface area contributed by atoms with E-state index in [4.69, 9.17) is 34.9 Å². The number of hydrogen-bond donors (Lipinski definition) is 2. The summed E-state index contributed by atoms with van der Waals surface area (Å²) in [7, 11) is 0. The van der Waals surface area contributed by atoms with Crippen LogP contribution < -0.4 is 0 Å². The van der Waals surface area contributed by atoms with Crippen molar-refractivity contribution in [1.82, 2.24) is 17.5 Å². The Kier molecular flexibility index (Phi) is 12.5. The molecule has 11 aromatic rings. The first-order valence-corrected chi connectivity index (χ1v) is 32.1. The Morgan fingerprint density at radius 3 is 1.21 bits per heavy atom. The largest absolute Gasteiger partial charge is 0.506 e. The molecule has 0 spiro atoms. The summed E-state index contributed by atoms with van der Waals surface area (Å²) in [6, 6.07) is 26.9. The number of fused-ring (bicyclic) bond motifs is 9. The molecule has 3 aliphatic carbocycles. The van der Waals surface area contributed by atoms with Crippen LogP contribution in [0.25, 0.3) is 109 Å². The highest BCUT2D eigenvalue weighted by Gasteiger charge is 2.39. The second kappa shape index (κ2) is 20.5. The molecule has 0 fully saturated rings. The summed E-state index contributed by atoms with van der Waals surface area (Å²) in [6.45, 7) is 0. The Labute approximate surface area is 532 Å². The number of Topliss-reactive ketones (excluding diaryl/α,β-unsaturated/α-hetero) is 2. The van der Waals surface area contributed by atoms with Crippen LogP contribution in [0.4, 0.5) is 40.3 Å². The average molecular weight is 1330 g/mol. The van der Waals surface area contributed by atoms with Crippen molar-refractivity contribution in [2.45, 2.75) is 0 Å². The number of carbonyl (C=O) groups excluding carboxylic acids is 2. The van der Waals surface area contributed by atoms with Crippen molar-refractivity contribution in [2.24, 2.45) is 17.5 Å². The van der Waals surface area contributed by atoms with E-state index in [2.05, 4.69) is 18.2 Å². The first-order valence-electron chi connectivity index (χ1n) is 25.9. The molecule has 426 valence electrons. The fourth-order valence-corrected chi connectivity index (χ4v) is 18.5. The highest BCUT2D eigenvalue weighted by atomic mass is 32.1. The summed E-state index contributed by atoms with van der Waals surface area (Å²) in [5.41, 5.74) is 7.12. The maximum absolute atomic E-state index is 14.6. The maximum atomic E-state index is 14.6. The van der Waals surface area contributed by atoms with Crippen molar-refractivity contribution in [2.75, 3.05) is 0 Å². The lowest BCUT2D eigenvalue weighted by atomic mass is 9.97. The number of hydrogen-bond acceptors (Lipinski definition) is 22. The zero-order chi connectivity index (χ0) is 61.7. The molecule has 16 rings (SSSR count). The minimum Gasteiger partial charge on any atom is -0.506 e. The molecule has 0 saturated heterocycles. The molecule has 5 aromatic carbocycles. The number of thiophene rings is 4. The van der Waals surface area contributed by atoms with Gasteiger partial charge in [-0.25, -0.2) is 17.6 Å². The third-order valence-corrected chi connectivity index (χ3v) is 22.1. The molecule has 0 saturated carbocycles. The molecule has 0 radical (unpaired) electrons. The maximum Gasteiger partial charge on any atom is 0.194 e. The van der Waals surface area contributed by atoms with Gasteiger partial charge in [0, 0.05) is 75.2 Å². The second-order valence-corrected chi connectivity index (χ2v) is 26.5. The van der Waals surface area contributed by atoms with Gasteiger partial charge in [0.2, 0.25) is 0 Å². The first-order chi connectivity index (χ1) is 43.7. The fraction of sp³-hybridized carbons (Fsp3) is 0. The van der Waals surface area contributed by atoms with Crippen LogP contribution in [0.2, 0.25) is 0 Å². The predicted octanol–water partition coefficient (Wildman–Crippen LogP) is 17.8. The Morgan fingerprint density at radius 2 is 0.811 bits per heavy atom. The van der Waals surface area contributed by atoms with Gasteiger partial charge in [-0.05, 0) is 89.0 Å². The van der Waals surface area contributed by atoms with Gasteiger partial charge in [-0.15, -0.1) is 45.3 Å². The van der Waals surface area contributed by atoms with Crippen molar-refractivity contribution in [1.29, 1.82) is 21.0 Å². The zero-order valence-corrected chi connectivity index (χ0v) is 50.6. The van der Waals surface area contributed by atoms with E-state index in [0.29, 0.717) is 86.6 Å². The van der Waals surface area contributed by atoms with Crippen molar-refractivity contribution in [3.63, 3.8) is 0 Å². The number of allylic oxidation sites excluding steroid dienone is 6. The van der Waals surface area contributed by atoms with Crippen LogP contribution in [0.3, 0.4) is 0 Å². The number of rotatable bonds is 7. The lowest BCUT2D eigenvalue weighted by Gasteiger charge is -2.10. The molecule has 0 bridgehead atoms. The number of nitrogens with zero attached hydrogens (tertiary/aromatic N) is 12. The molecular formula is C62H18F4N12O4S8. The highest BCUT2D eigenvalue weighted by molar-refractivity contribution is 7.58. The number of aromatic nitrogens is 4. The van der Waals surface area contributed by atoms with E-state index in [0.717, 1.165) is 135 Å². The molecule has 0 atom stereocenters. The fourth-order valence-electron chi connectivity index (χ4n) is 11.6.